The third kappa shape index (κ3) is 2.43. The topological polar surface area (TPSA) is 62.9 Å². The summed E-state index contributed by atoms with van der Waals surface area (Å²) in [6.07, 6.45) is 2.76. The Morgan fingerprint density at radius 2 is 1.83 bits per heavy atom. The van der Waals surface area contributed by atoms with E-state index in [2.05, 4.69) is 4.90 Å². The second-order valence-electron chi connectivity index (χ2n) is 7.34. The fraction of sp³-hybridized carbons (Fsp3) is 0.526. The van der Waals surface area contributed by atoms with Crippen LogP contribution in [0, 0.1) is 0 Å². The van der Waals surface area contributed by atoms with E-state index in [1.807, 2.05) is 26.0 Å². The van der Waals surface area contributed by atoms with Crippen molar-refractivity contribution in [2.75, 3.05) is 13.1 Å². The van der Waals surface area contributed by atoms with Crippen molar-refractivity contribution < 1.29 is 14.3 Å². The molecule has 2 aliphatic heterocycles. The van der Waals surface area contributed by atoms with Crippen LogP contribution in [0.5, 0.6) is 5.75 Å². The Bertz CT molecular complexity index is 820. The number of aliphatic hydroxyl groups excluding tert-OH is 1. The van der Waals surface area contributed by atoms with Gasteiger partial charge in [0.05, 0.1) is 11.6 Å². The molecule has 3 heterocycles. The van der Waals surface area contributed by atoms with Crippen molar-refractivity contribution in [1.82, 2.24) is 4.90 Å². The van der Waals surface area contributed by atoms with E-state index in [1.165, 1.54) is 12.5 Å². The van der Waals surface area contributed by atoms with E-state index >= 15 is 0 Å². The zero-order valence-corrected chi connectivity index (χ0v) is 14.1. The van der Waals surface area contributed by atoms with Crippen molar-refractivity contribution in [3.05, 3.63) is 40.2 Å². The first-order valence-corrected chi connectivity index (χ1v) is 8.65. The zero-order chi connectivity index (χ0) is 16.9. The molecular weight excluding hydrogens is 306 g/mol. The average molecular weight is 329 g/mol. The van der Waals surface area contributed by atoms with Gasteiger partial charge in [0.25, 0.3) is 0 Å². The van der Waals surface area contributed by atoms with E-state index < -0.39 is 11.7 Å². The molecule has 1 aromatic heterocycles. The zero-order valence-electron chi connectivity index (χ0n) is 14.1. The van der Waals surface area contributed by atoms with Crippen LogP contribution in [-0.4, -0.2) is 34.8 Å². The molecule has 0 bridgehead atoms. The molecule has 2 aromatic rings. The lowest BCUT2D eigenvalue weighted by Gasteiger charge is -2.47. The second kappa shape index (κ2) is 5.60. The lowest BCUT2D eigenvalue weighted by atomic mass is 9.84. The molecule has 4 rings (SSSR count). The molecule has 5 nitrogen and oxygen atoms in total. The van der Waals surface area contributed by atoms with Gasteiger partial charge in [-0.3, -0.25) is 4.90 Å². The molecular formula is C19H23NO4. The number of ether oxygens (including phenoxy) is 1. The summed E-state index contributed by atoms with van der Waals surface area (Å²) in [5.41, 5.74) is 0.259. The van der Waals surface area contributed by atoms with E-state index in [1.54, 1.807) is 6.07 Å². The van der Waals surface area contributed by atoms with E-state index in [9.17, 15) is 9.90 Å². The molecule has 1 N–H and O–H groups in total. The maximum absolute atomic E-state index is 11.8. The van der Waals surface area contributed by atoms with Gasteiger partial charge in [-0.15, -0.1) is 0 Å². The summed E-state index contributed by atoms with van der Waals surface area (Å²) in [5.74, 6) is 0.697. The smallest absolute Gasteiger partial charge is 0.336 e. The van der Waals surface area contributed by atoms with E-state index in [0.29, 0.717) is 11.3 Å². The minimum atomic E-state index is -0.697. The molecule has 2 atom stereocenters. The minimum Gasteiger partial charge on any atom is -0.485 e. The van der Waals surface area contributed by atoms with Gasteiger partial charge in [-0.05, 0) is 58.0 Å². The maximum atomic E-state index is 11.8. The fourth-order valence-corrected chi connectivity index (χ4v) is 3.97. The van der Waals surface area contributed by atoms with Gasteiger partial charge in [-0.1, -0.05) is 6.42 Å². The summed E-state index contributed by atoms with van der Waals surface area (Å²) in [7, 11) is 0. The van der Waals surface area contributed by atoms with Crippen LogP contribution < -0.4 is 10.4 Å². The highest BCUT2D eigenvalue weighted by molar-refractivity contribution is 5.83. The first-order chi connectivity index (χ1) is 11.5. The summed E-state index contributed by atoms with van der Waals surface area (Å²) >= 11 is 0. The largest absolute Gasteiger partial charge is 0.485 e. The number of benzene rings is 1. The van der Waals surface area contributed by atoms with Crippen LogP contribution in [-0.2, 0) is 0 Å². The number of likely N-dealkylation sites (tertiary alicyclic amines) is 1. The normalized spacial score (nSPS) is 26.8. The predicted molar refractivity (Wildman–Crippen MR) is 91.4 cm³/mol. The number of piperidine rings is 1. The van der Waals surface area contributed by atoms with Gasteiger partial charge in [-0.2, -0.15) is 0 Å². The molecule has 5 heteroatoms. The van der Waals surface area contributed by atoms with Crippen LogP contribution >= 0.6 is 0 Å². The van der Waals surface area contributed by atoms with Crippen molar-refractivity contribution in [2.45, 2.75) is 50.9 Å². The van der Waals surface area contributed by atoms with Gasteiger partial charge >= 0.3 is 5.63 Å². The van der Waals surface area contributed by atoms with Gasteiger partial charge in [0.2, 0.25) is 0 Å². The number of hydrogen-bond acceptors (Lipinski definition) is 5. The third-order valence-electron chi connectivity index (χ3n) is 5.25. The van der Waals surface area contributed by atoms with Gasteiger partial charge < -0.3 is 14.3 Å². The van der Waals surface area contributed by atoms with Crippen LogP contribution in [0.15, 0.2) is 33.5 Å². The van der Waals surface area contributed by atoms with Crippen molar-refractivity contribution >= 4 is 11.0 Å². The summed E-state index contributed by atoms with van der Waals surface area (Å²) in [6.45, 7) is 5.68. The number of fused-ring (bicyclic) bond motifs is 3. The van der Waals surface area contributed by atoms with E-state index in [4.69, 9.17) is 9.15 Å². The molecule has 0 saturated carbocycles. The Balaban J connectivity index is 1.95. The molecule has 0 aliphatic carbocycles. The Hall–Kier alpha value is -1.85. The summed E-state index contributed by atoms with van der Waals surface area (Å²) in [6, 6.07) is 6.79. The minimum absolute atomic E-state index is 0.224. The molecule has 0 radical (unpaired) electrons. The van der Waals surface area contributed by atoms with Crippen LogP contribution in [0.1, 0.15) is 44.7 Å². The highest BCUT2D eigenvalue weighted by atomic mass is 16.5. The molecule has 128 valence electrons. The van der Waals surface area contributed by atoms with Gasteiger partial charge in [-0.25, -0.2) is 4.79 Å². The summed E-state index contributed by atoms with van der Waals surface area (Å²) < 4.78 is 11.6. The van der Waals surface area contributed by atoms with Crippen molar-refractivity contribution in [3.63, 3.8) is 0 Å². The Labute approximate surface area is 140 Å². The molecule has 1 saturated heterocycles. The molecule has 0 unspecified atom stereocenters. The number of aliphatic hydroxyl groups is 1. The molecule has 1 aromatic carbocycles. The molecule has 1 fully saturated rings. The van der Waals surface area contributed by atoms with Crippen LogP contribution in [0.3, 0.4) is 0 Å². The van der Waals surface area contributed by atoms with Crippen LogP contribution in [0.2, 0.25) is 0 Å². The lowest BCUT2D eigenvalue weighted by Crippen LogP contribution is -2.54. The maximum Gasteiger partial charge on any atom is 0.336 e. The van der Waals surface area contributed by atoms with E-state index in [-0.39, 0.29) is 11.7 Å². The second-order valence-corrected chi connectivity index (χ2v) is 7.34. The fourth-order valence-electron chi connectivity index (χ4n) is 3.97. The highest BCUT2D eigenvalue weighted by Crippen LogP contribution is 2.46. The Morgan fingerprint density at radius 3 is 2.58 bits per heavy atom. The molecule has 2 aliphatic rings. The lowest BCUT2D eigenvalue weighted by molar-refractivity contribution is -0.0958. The van der Waals surface area contributed by atoms with E-state index in [0.717, 1.165) is 36.9 Å². The first kappa shape index (κ1) is 15.7. The summed E-state index contributed by atoms with van der Waals surface area (Å²) in [4.78, 5) is 14.1. The quantitative estimate of drug-likeness (QED) is 0.815. The van der Waals surface area contributed by atoms with Gasteiger partial charge in [0, 0.05) is 11.5 Å². The van der Waals surface area contributed by atoms with Crippen LogP contribution in [0.25, 0.3) is 11.0 Å². The van der Waals surface area contributed by atoms with Crippen molar-refractivity contribution in [3.8, 4) is 5.75 Å². The van der Waals surface area contributed by atoms with Gasteiger partial charge in [0.15, 0.2) is 0 Å². The highest BCUT2D eigenvalue weighted by Gasteiger charge is 2.46. The SMILES string of the molecule is CC1(C)Oc2ccc3ccc(=O)oc3c2[C@H](N2CCCCC2)[C@@H]1O. The number of hydrogen-bond donors (Lipinski definition) is 1. The van der Waals surface area contributed by atoms with Crippen LogP contribution in [0.4, 0.5) is 0 Å². The van der Waals surface area contributed by atoms with Gasteiger partial charge in [0.1, 0.15) is 23.0 Å². The summed E-state index contributed by atoms with van der Waals surface area (Å²) in [5, 5.41) is 11.9. The van der Waals surface area contributed by atoms with Crippen molar-refractivity contribution in [2.24, 2.45) is 0 Å². The standard InChI is InChI=1S/C19H23NO4/c1-19(2)18(22)16(20-10-4-3-5-11-20)15-13(24-19)8-6-12-7-9-14(21)23-17(12)15/h6-9,16,18,22H,3-5,10-11H2,1-2H3/t16-,18-/m0/s1. The predicted octanol–water partition coefficient (Wildman–Crippen LogP) is 2.85. The Kier molecular flexibility index (Phi) is 3.66. The monoisotopic (exact) mass is 329 g/mol. The molecule has 0 spiro atoms. The average Bonchev–Trinajstić information content (AvgIpc) is 2.56. The Morgan fingerprint density at radius 1 is 1.12 bits per heavy atom. The van der Waals surface area contributed by atoms with Crippen molar-refractivity contribution in [1.29, 1.82) is 0 Å². The first-order valence-electron chi connectivity index (χ1n) is 8.65. The molecule has 0 amide bonds. The number of nitrogens with zero attached hydrogens (tertiary/aromatic N) is 1. The number of rotatable bonds is 1. The third-order valence-corrected chi connectivity index (χ3v) is 5.25. The molecule has 24 heavy (non-hydrogen) atoms.